The molecule has 10 heteroatoms. The SMILES string of the molecule is O=C(N[C@@H](Nc1ccc([N+](=O)[O-])cc1)C(Cl)(Cl)Cl)c1ccco1. The van der Waals surface area contributed by atoms with E-state index in [-0.39, 0.29) is 11.4 Å². The number of nitro groups is 1. The first-order valence-corrected chi connectivity index (χ1v) is 7.33. The number of anilines is 1. The molecule has 1 aromatic carbocycles. The predicted octanol–water partition coefficient (Wildman–Crippen LogP) is 3.73. The van der Waals surface area contributed by atoms with Gasteiger partial charge in [0.15, 0.2) is 5.76 Å². The number of halogens is 3. The molecule has 1 amide bonds. The van der Waals surface area contributed by atoms with Gasteiger partial charge in [-0.15, -0.1) is 0 Å². The number of furan rings is 1. The lowest BCUT2D eigenvalue weighted by molar-refractivity contribution is -0.384. The number of non-ortho nitro benzene ring substituents is 1. The lowest BCUT2D eigenvalue weighted by Gasteiger charge is -2.27. The normalized spacial score (nSPS) is 12.5. The number of benzene rings is 1. The highest BCUT2D eigenvalue weighted by molar-refractivity contribution is 6.68. The van der Waals surface area contributed by atoms with E-state index in [4.69, 9.17) is 39.2 Å². The first-order valence-electron chi connectivity index (χ1n) is 6.19. The van der Waals surface area contributed by atoms with Gasteiger partial charge in [0.25, 0.3) is 11.6 Å². The molecule has 1 heterocycles. The maximum Gasteiger partial charge on any atom is 0.288 e. The second-order valence-corrected chi connectivity index (χ2v) is 6.74. The number of nitrogens with one attached hydrogen (secondary N) is 2. The summed E-state index contributed by atoms with van der Waals surface area (Å²) in [5, 5.41) is 15.9. The number of nitrogens with zero attached hydrogens (tertiary/aromatic N) is 1. The van der Waals surface area contributed by atoms with Crippen LogP contribution in [0.15, 0.2) is 47.1 Å². The Hall–Kier alpha value is -1.96. The Morgan fingerprint density at radius 1 is 1.22 bits per heavy atom. The van der Waals surface area contributed by atoms with Crippen molar-refractivity contribution in [1.29, 1.82) is 0 Å². The fraction of sp³-hybridized carbons (Fsp3) is 0.154. The van der Waals surface area contributed by atoms with Gasteiger partial charge in [0.2, 0.25) is 3.79 Å². The van der Waals surface area contributed by atoms with Crippen LogP contribution in [0.5, 0.6) is 0 Å². The van der Waals surface area contributed by atoms with Crippen molar-refractivity contribution in [3.8, 4) is 0 Å². The van der Waals surface area contributed by atoms with Gasteiger partial charge in [-0.25, -0.2) is 0 Å². The fourth-order valence-corrected chi connectivity index (χ4v) is 1.98. The molecule has 0 saturated heterocycles. The summed E-state index contributed by atoms with van der Waals surface area (Å²) in [6, 6.07) is 8.43. The molecule has 1 aromatic heterocycles. The summed E-state index contributed by atoms with van der Waals surface area (Å²) in [6.07, 6.45) is 0.245. The third-order valence-corrected chi connectivity index (χ3v) is 3.39. The van der Waals surface area contributed by atoms with E-state index in [0.717, 1.165) is 0 Å². The molecule has 0 saturated carbocycles. The van der Waals surface area contributed by atoms with Gasteiger partial charge in [0, 0.05) is 17.8 Å². The summed E-state index contributed by atoms with van der Waals surface area (Å²) in [4.78, 5) is 22.1. The molecule has 2 rings (SSSR count). The van der Waals surface area contributed by atoms with Crippen molar-refractivity contribution in [3.63, 3.8) is 0 Å². The van der Waals surface area contributed by atoms with Crippen LogP contribution in [0.4, 0.5) is 11.4 Å². The van der Waals surface area contributed by atoms with E-state index in [2.05, 4.69) is 10.6 Å². The summed E-state index contributed by atoms with van der Waals surface area (Å²) in [6.45, 7) is 0. The van der Waals surface area contributed by atoms with Gasteiger partial charge in [-0.05, 0) is 24.3 Å². The van der Waals surface area contributed by atoms with E-state index in [1.165, 1.54) is 36.6 Å². The zero-order valence-electron chi connectivity index (χ0n) is 11.3. The van der Waals surface area contributed by atoms with Crippen molar-refractivity contribution < 1.29 is 14.1 Å². The highest BCUT2D eigenvalue weighted by atomic mass is 35.6. The van der Waals surface area contributed by atoms with Crippen LogP contribution in [0, 0.1) is 10.1 Å². The highest BCUT2D eigenvalue weighted by Crippen LogP contribution is 2.31. The number of hydrogen-bond donors (Lipinski definition) is 2. The van der Waals surface area contributed by atoms with Gasteiger partial charge in [0.1, 0.15) is 6.17 Å². The molecule has 0 aliphatic carbocycles. The number of alkyl halides is 3. The third kappa shape index (κ3) is 4.75. The summed E-state index contributed by atoms with van der Waals surface area (Å²) in [5.74, 6) is -0.532. The van der Waals surface area contributed by atoms with E-state index in [1.807, 2.05) is 0 Å². The molecule has 2 aromatic rings. The van der Waals surface area contributed by atoms with Gasteiger partial charge in [-0.3, -0.25) is 14.9 Å². The number of hydrogen-bond acceptors (Lipinski definition) is 5. The van der Waals surface area contributed by atoms with E-state index in [0.29, 0.717) is 5.69 Å². The Balaban J connectivity index is 2.13. The first-order chi connectivity index (χ1) is 10.8. The molecule has 1 atom stereocenters. The summed E-state index contributed by atoms with van der Waals surface area (Å²) in [5.41, 5.74) is 0.340. The Labute approximate surface area is 145 Å². The molecule has 0 bridgehead atoms. The van der Waals surface area contributed by atoms with Crippen molar-refractivity contribution in [2.24, 2.45) is 0 Å². The molecule has 0 spiro atoms. The Bertz CT molecular complexity index is 683. The second-order valence-electron chi connectivity index (χ2n) is 4.37. The van der Waals surface area contributed by atoms with Crippen molar-refractivity contribution in [1.82, 2.24) is 5.32 Å². The first kappa shape index (κ1) is 17.4. The van der Waals surface area contributed by atoms with Crippen LogP contribution in [0.3, 0.4) is 0 Å². The molecule has 7 nitrogen and oxygen atoms in total. The summed E-state index contributed by atoms with van der Waals surface area (Å²) in [7, 11) is 0. The topological polar surface area (TPSA) is 97.4 Å². The zero-order valence-corrected chi connectivity index (χ0v) is 13.6. The van der Waals surface area contributed by atoms with Crippen LogP contribution in [-0.2, 0) is 0 Å². The zero-order chi connectivity index (χ0) is 17.0. The fourth-order valence-electron chi connectivity index (χ4n) is 1.66. The number of rotatable bonds is 5. The van der Waals surface area contributed by atoms with Crippen molar-refractivity contribution in [2.45, 2.75) is 9.96 Å². The Morgan fingerprint density at radius 3 is 2.35 bits per heavy atom. The van der Waals surface area contributed by atoms with E-state index in [9.17, 15) is 14.9 Å². The molecule has 0 aliphatic heterocycles. The molecule has 0 radical (unpaired) electrons. The van der Waals surface area contributed by atoms with E-state index in [1.54, 1.807) is 6.07 Å². The van der Waals surface area contributed by atoms with Crippen LogP contribution in [0.1, 0.15) is 10.6 Å². The number of carbonyl (C=O) groups excluding carboxylic acids is 1. The molecule has 23 heavy (non-hydrogen) atoms. The average Bonchev–Trinajstić information content (AvgIpc) is 3.00. The maximum atomic E-state index is 12.0. The smallest absolute Gasteiger partial charge is 0.288 e. The largest absolute Gasteiger partial charge is 0.459 e. The molecule has 2 N–H and O–H groups in total. The average molecular weight is 379 g/mol. The number of carbonyl (C=O) groups is 1. The van der Waals surface area contributed by atoms with Crippen molar-refractivity contribution in [2.75, 3.05) is 5.32 Å². The molecular formula is C13H10Cl3N3O4. The van der Waals surface area contributed by atoms with Gasteiger partial charge >= 0.3 is 0 Å². The summed E-state index contributed by atoms with van der Waals surface area (Å²) >= 11 is 17.6. The Morgan fingerprint density at radius 2 is 1.87 bits per heavy atom. The molecular weight excluding hydrogens is 369 g/mol. The monoisotopic (exact) mass is 377 g/mol. The van der Waals surface area contributed by atoms with Crippen LogP contribution < -0.4 is 10.6 Å². The maximum absolute atomic E-state index is 12.0. The van der Waals surface area contributed by atoms with Gasteiger partial charge in [-0.1, -0.05) is 34.8 Å². The van der Waals surface area contributed by atoms with E-state index < -0.39 is 20.8 Å². The van der Waals surface area contributed by atoms with Crippen LogP contribution in [0.2, 0.25) is 0 Å². The lowest BCUT2D eigenvalue weighted by atomic mass is 10.2. The van der Waals surface area contributed by atoms with Gasteiger partial charge in [-0.2, -0.15) is 0 Å². The highest BCUT2D eigenvalue weighted by Gasteiger charge is 2.34. The predicted molar refractivity (Wildman–Crippen MR) is 87.0 cm³/mol. The molecule has 0 fully saturated rings. The second kappa shape index (κ2) is 7.08. The van der Waals surface area contributed by atoms with Crippen molar-refractivity contribution >= 4 is 52.1 Å². The van der Waals surface area contributed by atoms with Crippen molar-refractivity contribution in [3.05, 3.63) is 58.5 Å². The number of amides is 1. The van der Waals surface area contributed by atoms with Gasteiger partial charge < -0.3 is 15.1 Å². The van der Waals surface area contributed by atoms with Crippen LogP contribution in [-0.4, -0.2) is 20.8 Å². The summed E-state index contributed by atoms with van der Waals surface area (Å²) < 4.78 is 3.09. The van der Waals surface area contributed by atoms with E-state index >= 15 is 0 Å². The quantitative estimate of drug-likeness (QED) is 0.357. The lowest BCUT2D eigenvalue weighted by Crippen LogP contribution is -2.49. The standard InChI is InChI=1S/C13H10Cl3N3O4/c14-13(15,16)12(18-11(20)10-2-1-7-23-10)17-8-3-5-9(6-4-8)19(21)22/h1-7,12,17H,(H,18,20)/t12-/m1/s1. The molecule has 122 valence electrons. The van der Waals surface area contributed by atoms with Crippen LogP contribution >= 0.6 is 34.8 Å². The van der Waals surface area contributed by atoms with Crippen LogP contribution in [0.25, 0.3) is 0 Å². The minimum atomic E-state index is -1.87. The molecule has 0 unspecified atom stereocenters. The number of nitro benzene ring substituents is 1. The van der Waals surface area contributed by atoms with Gasteiger partial charge in [0.05, 0.1) is 11.2 Å². The molecule has 0 aliphatic rings. The third-order valence-electron chi connectivity index (χ3n) is 2.74. The Kier molecular flexibility index (Phi) is 5.35. The minimum absolute atomic E-state index is 0.0507. The minimum Gasteiger partial charge on any atom is -0.459 e.